The van der Waals surface area contributed by atoms with Gasteiger partial charge in [-0.3, -0.25) is 0 Å². The molecule has 21 heavy (non-hydrogen) atoms. The number of hydrogen-bond acceptors (Lipinski definition) is 3. The average molecular weight is 295 g/mol. The minimum Gasteiger partial charge on any atom is -0.466 e. The van der Waals surface area contributed by atoms with Gasteiger partial charge in [0.25, 0.3) is 0 Å². The highest BCUT2D eigenvalue weighted by atomic mass is 19.2. The van der Waals surface area contributed by atoms with Crippen molar-refractivity contribution in [2.75, 3.05) is 0 Å². The van der Waals surface area contributed by atoms with E-state index in [1.165, 1.54) is 6.07 Å². The standard InChI is InChI=1S/C16H19F2NO2/c1-9-6-13(11(3)21-9)8-19-10(2)16(20)12-4-5-14(17)15(18)7-12/h4-7,10,16,19-20H,8H2,1-3H3. The topological polar surface area (TPSA) is 45.4 Å². The van der Waals surface area contributed by atoms with Gasteiger partial charge in [0, 0.05) is 18.2 Å². The largest absolute Gasteiger partial charge is 0.466 e. The third-order valence-corrected chi connectivity index (χ3v) is 3.52. The van der Waals surface area contributed by atoms with Gasteiger partial charge < -0.3 is 14.8 Å². The Bertz CT molecular complexity index is 625. The Labute approximate surface area is 122 Å². The predicted molar refractivity (Wildman–Crippen MR) is 75.8 cm³/mol. The van der Waals surface area contributed by atoms with Crippen molar-refractivity contribution >= 4 is 0 Å². The summed E-state index contributed by atoms with van der Waals surface area (Å²) in [5.41, 5.74) is 1.35. The lowest BCUT2D eigenvalue weighted by molar-refractivity contribution is 0.134. The van der Waals surface area contributed by atoms with E-state index in [4.69, 9.17) is 4.42 Å². The number of halogens is 2. The second-order valence-corrected chi connectivity index (χ2v) is 5.23. The molecule has 5 heteroatoms. The lowest BCUT2D eigenvalue weighted by Crippen LogP contribution is -2.31. The average Bonchev–Trinajstić information content (AvgIpc) is 2.76. The molecule has 2 N–H and O–H groups in total. The Morgan fingerprint density at radius 2 is 1.90 bits per heavy atom. The summed E-state index contributed by atoms with van der Waals surface area (Å²) < 4.78 is 31.5. The summed E-state index contributed by atoms with van der Waals surface area (Å²) >= 11 is 0. The SMILES string of the molecule is Cc1cc(CNC(C)C(O)c2ccc(F)c(F)c2)c(C)o1. The number of furan rings is 1. The van der Waals surface area contributed by atoms with E-state index in [-0.39, 0.29) is 6.04 Å². The second kappa shape index (κ2) is 6.37. The van der Waals surface area contributed by atoms with Gasteiger partial charge in [-0.2, -0.15) is 0 Å². The summed E-state index contributed by atoms with van der Waals surface area (Å²) in [6, 6.07) is 5.04. The molecule has 2 unspecified atom stereocenters. The number of benzene rings is 1. The van der Waals surface area contributed by atoms with Crippen molar-refractivity contribution in [1.82, 2.24) is 5.32 Å². The van der Waals surface area contributed by atoms with E-state index >= 15 is 0 Å². The summed E-state index contributed by atoms with van der Waals surface area (Å²) in [5.74, 6) is -0.219. The van der Waals surface area contributed by atoms with Gasteiger partial charge in [-0.05, 0) is 44.5 Å². The molecule has 2 atom stereocenters. The monoisotopic (exact) mass is 295 g/mol. The summed E-state index contributed by atoms with van der Waals surface area (Å²) in [7, 11) is 0. The zero-order chi connectivity index (χ0) is 15.6. The first-order valence-electron chi connectivity index (χ1n) is 6.80. The first-order valence-corrected chi connectivity index (χ1v) is 6.80. The molecule has 3 nitrogen and oxygen atoms in total. The van der Waals surface area contributed by atoms with E-state index < -0.39 is 17.7 Å². The molecule has 1 aromatic carbocycles. The molecule has 0 saturated heterocycles. The van der Waals surface area contributed by atoms with Crippen LogP contribution in [0.25, 0.3) is 0 Å². The fourth-order valence-corrected chi connectivity index (χ4v) is 2.23. The molecule has 0 bridgehead atoms. The van der Waals surface area contributed by atoms with Gasteiger partial charge in [0.1, 0.15) is 11.5 Å². The molecule has 0 aliphatic carbocycles. The maximum absolute atomic E-state index is 13.2. The number of hydrogen-bond donors (Lipinski definition) is 2. The fourth-order valence-electron chi connectivity index (χ4n) is 2.23. The molecule has 0 aliphatic rings. The second-order valence-electron chi connectivity index (χ2n) is 5.23. The lowest BCUT2D eigenvalue weighted by atomic mass is 10.0. The molecule has 0 amide bonds. The maximum Gasteiger partial charge on any atom is 0.159 e. The van der Waals surface area contributed by atoms with Crippen LogP contribution in [0.3, 0.4) is 0 Å². The van der Waals surface area contributed by atoms with Crippen LogP contribution in [-0.2, 0) is 6.54 Å². The highest BCUT2D eigenvalue weighted by Gasteiger charge is 2.18. The van der Waals surface area contributed by atoms with Gasteiger partial charge in [-0.15, -0.1) is 0 Å². The van der Waals surface area contributed by atoms with E-state index in [9.17, 15) is 13.9 Å². The van der Waals surface area contributed by atoms with Crippen molar-refractivity contribution in [2.24, 2.45) is 0 Å². The first-order chi connectivity index (χ1) is 9.88. The summed E-state index contributed by atoms with van der Waals surface area (Å²) in [4.78, 5) is 0. The highest BCUT2D eigenvalue weighted by molar-refractivity contribution is 5.22. The molecule has 2 rings (SSSR count). The van der Waals surface area contributed by atoms with Crippen molar-refractivity contribution in [3.8, 4) is 0 Å². The zero-order valence-electron chi connectivity index (χ0n) is 12.3. The molecule has 0 aliphatic heterocycles. The lowest BCUT2D eigenvalue weighted by Gasteiger charge is -2.20. The zero-order valence-corrected chi connectivity index (χ0v) is 12.3. The van der Waals surface area contributed by atoms with Crippen LogP contribution in [0.1, 0.15) is 35.7 Å². The van der Waals surface area contributed by atoms with Crippen LogP contribution in [-0.4, -0.2) is 11.1 Å². The molecular weight excluding hydrogens is 276 g/mol. The fraction of sp³-hybridized carbons (Fsp3) is 0.375. The third kappa shape index (κ3) is 3.68. The summed E-state index contributed by atoms with van der Waals surface area (Å²) in [6.45, 7) is 6.07. The van der Waals surface area contributed by atoms with Crippen molar-refractivity contribution in [1.29, 1.82) is 0 Å². The Balaban J connectivity index is 2.00. The quantitative estimate of drug-likeness (QED) is 0.889. The Morgan fingerprint density at radius 1 is 1.19 bits per heavy atom. The number of aliphatic hydroxyl groups is 1. The molecule has 114 valence electrons. The molecular formula is C16H19F2NO2. The Morgan fingerprint density at radius 3 is 2.48 bits per heavy atom. The number of nitrogens with one attached hydrogen (secondary N) is 1. The predicted octanol–water partition coefficient (Wildman–Crippen LogP) is 3.39. The van der Waals surface area contributed by atoms with Gasteiger partial charge in [0.15, 0.2) is 11.6 Å². The van der Waals surface area contributed by atoms with E-state index in [0.717, 1.165) is 29.2 Å². The van der Waals surface area contributed by atoms with Gasteiger partial charge >= 0.3 is 0 Å². The molecule has 2 aromatic rings. The number of aryl methyl sites for hydroxylation is 2. The smallest absolute Gasteiger partial charge is 0.159 e. The van der Waals surface area contributed by atoms with Gasteiger partial charge in [-0.1, -0.05) is 6.07 Å². The molecule has 1 aromatic heterocycles. The molecule has 1 heterocycles. The summed E-state index contributed by atoms with van der Waals surface area (Å²) in [6.07, 6.45) is -0.923. The minimum absolute atomic E-state index is 0.315. The molecule has 0 saturated carbocycles. The van der Waals surface area contributed by atoms with E-state index in [2.05, 4.69) is 5.32 Å². The van der Waals surface area contributed by atoms with Crippen molar-refractivity contribution in [3.63, 3.8) is 0 Å². The third-order valence-electron chi connectivity index (χ3n) is 3.52. The van der Waals surface area contributed by atoms with Crippen LogP contribution in [0.5, 0.6) is 0 Å². The number of aliphatic hydroxyl groups excluding tert-OH is 1. The van der Waals surface area contributed by atoms with Gasteiger partial charge in [-0.25, -0.2) is 8.78 Å². The van der Waals surface area contributed by atoms with Crippen LogP contribution < -0.4 is 5.32 Å². The normalized spacial score (nSPS) is 14.2. The molecule has 0 spiro atoms. The highest BCUT2D eigenvalue weighted by Crippen LogP contribution is 2.20. The van der Waals surface area contributed by atoms with Crippen LogP contribution in [0.2, 0.25) is 0 Å². The van der Waals surface area contributed by atoms with Crippen LogP contribution >= 0.6 is 0 Å². The van der Waals surface area contributed by atoms with E-state index in [1.54, 1.807) is 6.92 Å². The summed E-state index contributed by atoms with van der Waals surface area (Å²) in [5, 5.41) is 13.3. The van der Waals surface area contributed by atoms with Crippen LogP contribution in [0.4, 0.5) is 8.78 Å². The first kappa shape index (κ1) is 15.7. The van der Waals surface area contributed by atoms with E-state index in [0.29, 0.717) is 12.1 Å². The maximum atomic E-state index is 13.2. The Kier molecular flexibility index (Phi) is 4.75. The van der Waals surface area contributed by atoms with Gasteiger partial charge in [0.05, 0.1) is 6.10 Å². The van der Waals surface area contributed by atoms with Crippen molar-refractivity contribution in [2.45, 2.75) is 39.5 Å². The number of rotatable bonds is 5. The molecule has 0 radical (unpaired) electrons. The minimum atomic E-state index is -0.958. The van der Waals surface area contributed by atoms with Crippen LogP contribution in [0.15, 0.2) is 28.7 Å². The Hall–Kier alpha value is -1.72. The van der Waals surface area contributed by atoms with Crippen molar-refractivity contribution < 1.29 is 18.3 Å². The van der Waals surface area contributed by atoms with E-state index in [1.807, 2.05) is 19.9 Å². The van der Waals surface area contributed by atoms with Gasteiger partial charge in [0.2, 0.25) is 0 Å². The molecule has 0 fully saturated rings. The van der Waals surface area contributed by atoms with Crippen LogP contribution in [0, 0.1) is 25.5 Å². The van der Waals surface area contributed by atoms with Crippen molar-refractivity contribution in [3.05, 3.63) is 58.5 Å².